The molecule has 2 rings (SSSR count). The van der Waals surface area contributed by atoms with Crippen molar-refractivity contribution in [1.29, 1.82) is 0 Å². The van der Waals surface area contributed by atoms with E-state index in [1.165, 1.54) is 0 Å². The van der Waals surface area contributed by atoms with Gasteiger partial charge in [0.25, 0.3) is 0 Å². The largest absolute Gasteiger partial charge is 0.504 e. The second-order valence-corrected chi connectivity index (χ2v) is 8.29. The number of aromatic hydroxyl groups is 2. The summed E-state index contributed by atoms with van der Waals surface area (Å²) in [6, 6.07) is 1.88. The summed E-state index contributed by atoms with van der Waals surface area (Å²) in [6.07, 6.45) is 3.36. The molecular formula is C20H30O4. The van der Waals surface area contributed by atoms with Crippen LogP contribution in [-0.4, -0.2) is 21.3 Å². The highest BCUT2D eigenvalue weighted by atomic mass is 16.4. The molecule has 134 valence electrons. The molecule has 24 heavy (non-hydrogen) atoms. The maximum absolute atomic E-state index is 12.3. The topological polar surface area (TPSA) is 77.8 Å². The normalized spacial score (nSPS) is 23.4. The number of carboxylic acid groups (broad SMARTS) is 1. The SMILES string of the molecule is CCc1cc(C(C)C)c(O)c(O)c1[C@@]1(C(=O)O)CCCC(C)(C)C1. The van der Waals surface area contributed by atoms with Gasteiger partial charge in [-0.15, -0.1) is 0 Å². The summed E-state index contributed by atoms with van der Waals surface area (Å²) in [5.74, 6) is -1.25. The highest BCUT2D eigenvalue weighted by Crippen LogP contribution is 2.53. The molecule has 0 amide bonds. The van der Waals surface area contributed by atoms with Crippen LogP contribution in [0.15, 0.2) is 6.07 Å². The van der Waals surface area contributed by atoms with Gasteiger partial charge in [-0.05, 0) is 42.6 Å². The summed E-state index contributed by atoms with van der Waals surface area (Å²) in [4.78, 5) is 12.3. The molecule has 0 aromatic heterocycles. The minimum absolute atomic E-state index is 0.0545. The van der Waals surface area contributed by atoms with Crippen LogP contribution in [-0.2, 0) is 16.6 Å². The Morgan fingerprint density at radius 1 is 1.21 bits per heavy atom. The third-order valence-corrected chi connectivity index (χ3v) is 5.51. The van der Waals surface area contributed by atoms with Gasteiger partial charge in [0.05, 0.1) is 5.41 Å². The van der Waals surface area contributed by atoms with Gasteiger partial charge in [-0.25, -0.2) is 0 Å². The smallest absolute Gasteiger partial charge is 0.314 e. The van der Waals surface area contributed by atoms with Crippen LogP contribution in [0, 0.1) is 5.41 Å². The van der Waals surface area contributed by atoms with Crippen LogP contribution in [0.4, 0.5) is 0 Å². The Labute approximate surface area is 144 Å². The number of aliphatic carboxylic acids is 1. The number of hydrogen-bond acceptors (Lipinski definition) is 3. The first-order chi connectivity index (χ1) is 11.1. The van der Waals surface area contributed by atoms with Crippen molar-refractivity contribution in [2.45, 2.75) is 78.1 Å². The van der Waals surface area contributed by atoms with Gasteiger partial charge in [0, 0.05) is 11.1 Å². The van der Waals surface area contributed by atoms with Gasteiger partial charge in [-0.1, -0.05) is 47.1 Å². The van der Waals surface area contributed by atoms with Crippen molar-refractivity contribution >= 4 is 5.97 Å². The first-order valence-electron chi connectivity index (χ1n) is 8.87. The van der Waals surface area contributed by atoms with E-state index in [4.69, 9.17) is 0 Å². The van der Waals surface area contributed by atoms with Crippen molar-refractivity contribution < 1.29 is 20.1 Å². The zero-order chi connectivity index (χ0) is 18.3. The van der Waals surface area contributed by atoms with Crippen LogP contribution in [0.5, 0.6) is 11.5 Å². The van der Waals surface area contributed by atoms with Crippen molar-refractivity contribution in [3.63, 3.8) is 0 Å². The van der Waals surface area contributed by atoms with E-state index in [1.54, 1.807) is 0 Å². The van der Waals surface area contributed by atoms with Gasteiger partial charge >= 0.3 is 5.97 Å². The summed E-state index contributed by atoms with van der Waals surface area (Å²) in [7, 11) is 0. The summed E-state index contributed by atoms with van der Waals surface area (Å²) in [5.41, 5.74) is 0.676. The monoisotopic (exact) mass is 334 g/mol. The minimum Gasteiger partial charge on any atom is -0.504 e. The third kappa shape index (κ3) is 2.99. The fourth-order valence-electron chi connectivity index (χ4n) is 4.35. The van der Waals surface area contributed by atoms with E-state index >= 15 is 0 Å². The zero-order valence-electron chi connectivity index (χ0n) is 15.4. The Hall–Kier alpha value is -1.71. The zero-order valence-corrected chi connectivity index (χ0v) is 15.4. The number of hydrogen-bond donors (Lipinski definition) is 3. The lowest BCUT2D eigenvalue weighted by Crippen LogP contribution is -2.44. The van der Waals surface area contributed by atoms with E-state index < -0.39 is 11.4 Å². The van der Waals surface area contributed by atoms with Crippen LogP contribution in [0.1, 0.15) is 82.9 Å². The molecule has 1 aliphatic carbocycles. The van der Waals surface area contributed by atoms with Crippen molar-refractivity contribution in [3.05, 3.63) is 22.8 Å². The number of phenolic OH excluding ortho intramolecular Hbond substituents is 2. The standard InChI is InChI=1S/C20H30O4/c1-6-13-10-14(12(2)3)16(21)17(22)15(13)20(18(23)24)9-7-8-19(4,5)11-20/h10,12,21-22H,6-9,11H2,1-5H3,(H,23,24)/t20-/m1/s1. The number of aryl methyl sites for hydroxylation is 1. The summed E-state index contributed by atoms with van der Waals surface area (Å²) >= 11 is 0. The van der Waals surface area contributed by atoms with E-state index in [9.17, 15) is 20.1 Å². The summed E-state index contributed by atoms with van der Waals surface area (Å²) in [5, 5.41) is 31.3. The molecule has 1 saturated carbocycles. The highest BCUT2D eigenvalue weighted by Gasteiger charge is 2.50. The quantitative estimate of drug-likeness (QED) is 0.697. The van der Waals surface area contributed by atoms with Gasteiger partial charge in [0.1, 0.15) is 0 Å². The lowest BCUT2D eigenvalue weighted by Gasteiger charge is -2.43. The number of rotatable bonds is 4. The molecule has 3 N–H and O–H groups in total. The Balaban J connectivity index is 2.76. The second-order valence-electron chi connectivity index (χ2n) is 8.29. The first kappa shape index (κ1) is 18.6. The first-order valence-corrected chi connectivity index (χ1v) is 8.87. The van der Waals surface area contributed by atoms with Crippen LogP contribution < -0.4 is 0 Å². The molecule has 0 aliphatic heterocycles. The Morgan fingerprint density at radius 3 is 2.29 bits per heavy atom. The molecule has 1 aromatic rings. The van der Waals surface area contributed by atoms with Crippen LogP contribution in [0.25, 0.3) is 0 Å². The van der Waals surface area contributed by atoms with Crippen molar-refractivity contribution in [3.8, 4) is 11.5 Å². The molecule has 0 heterocycles. The molecule has 0 unspecified atom stereocenters. The number of benzene rings is 1. The predicted octanol–water partition coefficient (Wildman–Crippen LogP) is 4.71. The average Bonchev–Trinajstić information content (AvgIpc) is 2.47. The van der Waals surface area contributed by atoms with Gasteiger partial charge < -0.3 is 15.3 Å². The van der Waals surface area contributed by atoms with Crippen LogP contribution in [0.3, 0.4) is 0 Å². The lowest BCUT2D eigenvalue weighted by molar-refractivity contribution is -0.147. The van der Waals surface area contributed by atoms with Crippen LogP contribution in [0.2, 0.25) is 0 Å². The molecule has 4 nitrogen and oxygen atoms in total. The van der Waals surface area contributed by atoms with E-state index in [1.807, 2.05) is 26.8 Å². The fraction of sp³-hybridized carbons (Fsp3) is 0.650. The Morgan fingerprint density at radius 2 is 1.83 bits per heavy atom. The molecular weight excluding hydrogens is 304 g/mol. The Kier molecular flexibility index (Phi) is 4.89. The van der Waals surface area contributed by atoms with Gasteiger partial charge in [-0.3, -0.25) is 4.79 Å². The number of phenols is 2. The summed E-state index contributed by atoms with van der Waals surface area (Å²) < 4.78 is 0. The summed E-state index contributed by atoms with van der Waals surface area (Å²) in [6.45, 7) is 10.0. The van der Waals surface area contributed by atoms with E-state index in [2.05, 4.69) is 13.8 Å². The van der Waals surface area contributed by atoms with E-state index in [-0.39, 0.29) is 22.8 Å². The molecule has 0 saturated heterocycles. The second kappa shape index (κ2) is 6.30. The molecule has 0 spiro atoms. The molecule has 1 aliphatic rings. The number of carboxylic acids is 1. The maximum atomic E-state index is 12.3. The molecule has 1 fully saturated rings. The van der Waals surface area contributed by atoms with Gasteiger partial charge in [0.15, 0.2) is 11.5 Å². The number of carbonyl (C=O) groups is 1. The average molecular weight is 334 g/mol. The van der Waals surface area contributed by atoms with Gasteiger partial charge in [0.2, 0.25) is 0 Å². The molecule has 0 bridgehead atoms. The Bertz CT molecular complexity index is 646. The van der Waals surface area contributed by atoms with Crippen molar-refractivity contribution in [2.75, 3.05) is 0 Å². The molecule has 0 radical (unpaired) electrons. The molecule has 4 heteroatoms. The molecule has 1 atom stereocenters. The van der Waals surface area contributed by atoms with Crippen LogP contribution >= 0.6 is 0 Å². The van der Waals surface area contributed by atoms with Gasteiger partial charge in [-0.2, -0.15) is 0 Å². The van der Waals surface area contributed by atoms with Crippen molar-refractivity contribution in [2.24, 2.45) is 5.41 Å². The minimum atomic E-state index is -1.13. The maximum Gasteiger partial charge on any atom is 0.314 e. The van der Waals surface area contributed by atoms with E-state index in [0.29, 0.717) is 30.4 Å². The fourth-order valence-corrected chi connectivity index (χ4v) is 4.35. The van der Waals surface area contributed by atoms with Crippen molar-refractivity contribution in [1.82, 2.24) is 0 Å². The van der Waals surface area contributed by atoms with E-state index in [0.717, 1.165) is 18.4 Å². The lowest BCUT2D eigenvalue weighted by atomic mass is 9.59. The highest BCUT2D eigenvalue weighted by molar-refractivity contribution is 5.84. The predicted molar refractivity (Wildman–Crippen MR) is 94.8 cm³/mol. The third-order valence-electron chi connectivity index (χ3n) is 5.51. The molecule has 1 aromatic carbocycles.